The molecular formula is C14H25N3O. The monoisotopic (exact) mass is 251 g/mol. The lowest BCUT2D eigenvalue weighted by atomic mass is 10.2. The summed E-state index contributed by atoms with van der Waals surface area (Å²) >= 11 is 0. The Morgan fingerprint density at radius 2 is 1.94 bits per heavy atom. The maximum atomic E-state index is 5.88. The van der Waals surface area contributed by atoms with Gasteiger partial charge in [-0.15, -0.1) is 0 Å². The molecule has 0 aliphatic carbocycles. The van der Waals surface area contributed by atoms with Gasteiger partial charge in [-0.05, 0) is 47.0 Å². The van der Waals surface area contributed by atoms with Gasteiger partial charge in [-0.2, -0.15) is 0 Å². The fourth-order valence-corrected chi connectivity index (χ4v) is 1.45. The summed E-state index contributed by atoms with van der Waals surface area (Å²) in [4.78, 5) is 2.18. The molecule has 1 rings (SSSR count). The average Bonchev–Trinajstić information content (AvgIpc) is 2.28. The van der Waals surface area contributed by atoms with E-state index in [0.29, 0.717) is 11.7 Å². The molecule has 1 aromatic rings. The smallest absolute Gasteiger partial charge is 0.144 e. The number of nitrogen functional groups attached to an aromatic ring is 1. The van der Waals surface area contributed by atoms with Crippen LogP contribution < -0.4 is 15.8 Å². The van der Waals surface area contributed by atoms with Crippen LogP contribution in [-0.4, -0.2) is 37.7 Å². The van der Waals surface area contributed by atoms with E-state index in [2.05, 4.69) is 31.2 Å². The molecule has 0 aliphatic rings. The van der Waals surface area contributed by atoms with Crippen molar-refractivity contribution in [2.24, 2.45) is 0 Å². The van der Waals surface area contributed by atoms with E-state index in [1.807, 2.05) is 32.0 Å². The van der Waals surface area contributed by atoms with Gasteiger partial charge in [-0.3, -0.25) is 0 Å². The number of nitrogens with two attached hydrogens (primary N) is 1. The number of hydrogen-bond donors (Lipinski definition) is 2. The van der Waals surface area contributed by atoms with Gasteiger partial charge in [0.25, 0.3) is 0 Å². The van der Waals surface area contributed by atoms with Crippen LogP contribution in [0, 0.1) is 0 Å². The molecule has 0 radical (unpaired) electrons. The van der Waals surface area contributed by atoms with Crippen LogP contribution in [0.3, 0.4) is 0 Å². The zero-order valence-corrected chi connectivity index (χ0v) is 12.0. The summed E-state index contributed by atoms with van der Waals surface area (Å²) in [5, 5.41) is 3.39. The van der Waals surface area contributed by atoms with Crippen LogP contribution in [0.1, 0.15) is 20.8 Å². The third-order valence-corrected chi connectivity index (χ3v) is 2.86. The molecule has 1 atom stereocenters. The van der Waals surface area contributed by atoms with Crippen molar-refractivity contribution in [3.8, 4) is 5.75 Å². The van der Waals surface area contributed by atoms with Crippen LogP contribution in [-0.2, 0) is 0 Å². The minimum Gasteiger partial charge on any atom is -0.489 e. The SMILES string of the molecule is CC(C)Oc1cc(NCC(C)N(C)C)ccc1N. The summed E-state index contributed by atoms with van der Waals surface area (Å²) in [6.07, 6.45) is 0.128. The largest absolute Gasteiger partial charge is 0.489 e. The van der Waals surface area contributed by atoms with E-state index >= 15 is 0 Å². The second kappa shape index (κ2) is 6.50. The Morgan fingerprint density at radius 1 is 1.28 bits per heavy atom. The highest BCUT2D eigenvalue weighted by Crippen LogP contribution is 2.26. The highest BCUT2D eigenvalue weighted by Gasteiger charge is 2.07. The zero-order valence-electron chi connectivity index (χ0n) is 12.0. The molecule has 4 nitrogen and oxygen atoms in total. The standard InChI is InChI=1S/C14H25N3O/c1-10(2)18-14-8-12(6-7-13(14)15)16-9-11(3)17(4)5/h6-8,10-11,16H,9,15H2,1-5H3. The quantitative estimate of drug-likeness (QED) is 0.762. The normalized spacial score (nSPS) is 12.8. The van der Waals surface area contributed by atoms with E-state index < -0.39 is 0 Å². The van der Waals surface area contributed by atoms with Gasteiger partial charge in [-0.1, -0.05) is 0 Å². The Hall–Kier alpha value is -1.42. The molecular weight excluding hydrogens is 226 g/mol. The molecule has 0 aliphatic heterocycles. The number of hydrogen-bond acceptors (Lipinski definition) is 4. The first-order chi connectivity index (χ1) is 8.40. The van der Waals surface area contributed by atoms with Gasteiger partial charge in [0.05, 0.1) is 11.8 Å². The van der Waals surface area contributed by atoms with E-state index in [9.17, 15) is 0 Å². The summed E-state index contributed by atoms with van der Waals surface area (Å²) in [7, 11) is 4.14. The van der Waals surface area contributed by atoms with Gasteiger partial charge in [-0.25, -0.2) is 0 Å². The van der Waals surface area contributed by atoms with Crippen molar-refractivity contribution in [1.82, 2.24) is 4.90 Å². The first kappa shape index (κ1) is 14.6. The summed E-state index contributed by atoms with van der Waals surface area (Å²) in [6.45, 7) is 7.05. The fourth-order valence-electron chi connectivity index (χ4n) is 1.45. The van der Waals surface area contributed by atoms with E-state index in [1.165, 1.54) is 0 Å². The third-order valence-electron chi connectivity index (χ3n) is 2.86. The molecule has 102 valence electrons. The van der Waals surface area contributed by atoms with E-state index in [-0.39, 0.29) is 6.10 Å². The van der Waals surface area contributed by atoms with Gasteiger partial charge in [0.1, 0.15) is 5.75 Å². The number of likely N-dealkylation sites (N-methyl/N-ethyl adjacent to an activating group) is 1. The van der Waals surface area contributed by atoms with Crippen molar-refractivity contribution >= 4 is 11.4 Å². The highest BCUT2D eigenvalue weighted by atomic mass is 16.5. The Labute approximate surface area is 110 Å². The molecule has 1 aromatic carbocycles. The van der Waals surface area contributed by atoms with Crippen molar-refractivity contribution in [3.05, 3.63) is 18.2 Å². The van der Waals surface area contributed by atoms with Crippen molar-refractivity contribution in [2.45, 2.75) is 32.9 Å². The van der Waals surface area contributed by atoms with E-state index in [1.54, 1.807) is 0 Å². The van der Waals surface area contributed by atoms with Gasteiger partial charge in [0, 0.05) is 24.3 Å². The Bertz CT molecular complexity index is 377. The lowest BCUT2D eigenvalue weighted by Gasteiger charge is -2.21. The minimum absolute atomic E-state index is 0.128. The third kappa shape index (κ3) is 4.45. The number of rotatable bonds is 6. The summed E-state index contributed by atoms with van der Waals surface area (Å²) < 4.78 is 5.66. The summed E-state index contributed by atoms with van der Waals surface area (Å²) in [5.41, 5.74) is 7.59. The van der Waals surface area contributed by atoms with Crippen LogP contribution >= 0.6 is 0 Å². The molecule has 0 aromatic heterocycles. The number of anilines is 2. The van der Waals surface area contributed by atoms with Crippen molar-refractivity contribution in [2.75, 3.05) is 31.7 Å². The van der Waals surface area contributed by atoms with E-state index in [0.717, 1.165) is 18.0 Å². The van der Waals surface area contributed by atoms with Crippen molar-refractivity contribution in [1.29, 1.82) is 0 Å². The van der Waals surface area contributed by atoms with Crippen molar-refractivity contribution < 1.29 is 4.74 Å². The fraction of sp³-hybridized carbons (Fsp3) is 0.571. The maximum Gasteiger partial charge on any atom is 0.144 e. The molecule has 1 unspecified atom stereocenters. The molecule has 3 N–H and O–H groups in total. The van der Waals surface area contributed by atoms with E-state index in [4.69, 9.17) is 10.5 Å². The number of nitrogens with one attached hydrogen (secondary N) is 1. The number of benzene rings is 1. The number of nitrogens with zero attached hydrogens (tertiary/aromatic N) is 1. The van der Waals surface area contributed by atoms with Crippen LogP contribution in [0.2, 0.25) is 0 Å². The second-order valence-corrected chi connectivity index (χ2v) is 5.11. The molecule has 0 saturated heterocycles. The summed E-state index contributed by atoms with van der Waals surface area (Å²) in [6, 6.07) is 6.28. The molecule has 4 heteroatoms. The van der Waals surface area contributed by atoms with Crippen molar-refractivity contribution in [3.63, 3.8) is 0 Å². The Morgan fingerprint density at radius 3 is 2.50 bits per heavy atom. The molecule has 0 bridgehead atoms. The molecule has 0 amide bonds. The molecule has 0 spiro atoms. The first-order valence-electron chi connectivity index (χ1n) is 6.36. The molecule has 18 heavy (non-hydrogen) atoms. The predicted molar refractivity (Wildman–Crippen MR) is 78.3 cm³/mol. The predicted octanol–water partition coefficient (Wildman–Crippen LogP) is 2.42. The van der Waals surface area contributed by atoms with Gasteiger partial charge >= 0.3 is 0 Å². The lowest BCUT2D eigenvalue weighted by molar-refractivity contribution is 0.244. The summed E-state index contributed by atoms with van der Waals surface area (Å²) in [5.74, 6) is 0.743. The minimum atomic E-state index is 0.128. The average molecular weight is 251 g/mol. The Kier molecular flexibility index (Phi) is 5.28. The second-order valence-electron chi connectivity index (χ2n) is 5.11. The number of ether oxygens (including phenoxy) is 1. The lowest BCUT2D eigenvalue weighted by Crippen LogP contribution is -2.31. The van der Waals surface area contributed by atoms with Crippen LogP contribution in [0.5, 0.6) is 5.75 Å². The highest BCUT2D eigenvalue weighted by molar-refractivity contribution is 5.61. The first-order valence-corrected chi connectivity index (χ1v) is 6.36. The van der Waals surface area contributed by atoms with Crippen LogP contribution in [0.4, 0.5) is 11.4 Å². The van der Waals surface area contributed by atoms with Crippen LogP contribution in [0.25, 0.3) is 0 Å². The molecule has 0 fully saturated rings. The maximum absolute atomic E-state index is 5.88. The topological polar surface area (TPSA) is 50.5 Å². The van der Waals surface area contributed by atoms with Gasteiger partial charge in [0.15, 0.2) is 0 Å². The Balaban J connectivity index is 2.67. The zero-order chi connectivity index (χ0) is 13.7. The molecule has 0 heterocycles. The van der Waals surface area contributed by atoms with Gasteiger partial charge < -0.3 is 20.7 Å². The van der Waals surface area contributed by atoms with Crippen LogP contribution in [0.15, 0.2) is 18.2 Å². The van der Waals surface area contributed by atoms with Gasteiger partial charge in [0.2, 0.25) is 0 Å². The molecule has 0 saturated carbocycles.